The lowest BCUT2D eigenvalue weighted by molar-refractivity contribution is -0.140. The van der Waals surface area contributed by atoms with Crippen LogP contribution >= 0.6 is 0 Å². The second-order valence-electron chi connectivity index (χ2n) is 7.82. The Balaban J connectivity index is 1.98. The van der Waals surface area contributed by atoms with Crippen molar-refractivity contribution in [1.29, 1.82) is 0 Å². The highest BCUT2D eigenvalue weighted by molar-refractivity contribution is 5.97. The molecule has 0 saturated carbocycles. The number of piperidine rings is 1. The molecule has 2 heterocycles. The second kappa shape index (κ2) is 6.47. The SMILES string of the molecule is CC(C)(C)C(=O)N1CCCC(c2nc3ccccc3cc2C(N)=O)C1. The number of hydrogen-bond acceptors (Lipinski definition) is 3. The number of fused-ring (bicyclic) bond motifs is 1. The van der Waals surface area contributed by atoms with Gasteiger partial charge in [0.2, 0.25) is 5.91 Å². The predicted molar refractivity (Wildman–Crippen MR) is 98.3 cm³/mol. The number of pyridine rings is 1. The monoisotopic (exact) mass is 339 g/mol. The van der Waals surface area contributed by atoms with Gasteiger partial charge in [0.1, 0.15) is 0 Å². The maximum Gasteiger partial charge on any atom is 0.250 e. The van der Waals surface area contributed by atoms with Crippen LogP contribution in [-0.4, -0.2) is 34.8 Å². The van der Waals surface area contributed by atoms with Crippen LogP contribution in [0.1, 0.15) is 55.6 Å². The smallest absolute Gasteiger partial charge is 0.250 e. The van der Waals surface area contributed by atoms with Crippen LogP contribution in [0.15, 0.2) is 30.3 Å². The third-order valence-electron chi connectivity index (χ3n) is 4.76. The summed E-state index contributed by atoms with van der Waals surface area (Å²) >= 11 is 0. The largest absolute Gasteiger partial charge is 0.366 e. The van der Waals surface area contributed by atoms with Crippen molar-refractivity contribution in [3.63, 3.8) is 0 Å². The van der Waals surface area contributed by atoms with Crippen molar-refractivity contribution in [2.45, 2.75) is 39.5 Å². The summed E-state index contributed by atoms with van der Waals surface area (Å²) in [6, 6.07) is 9.53. The Hall–Kier alpha value is -2.43. The molecule has 1 aliphatic rings. The quantitative estimate of drug-likeness (QED) is 0.913. The number of carbonyl (C=O) groups is 2. The number of nitrogens with zero attached hydrogens (tertiary/aromatic N) is 2. The molecule has 1 aromatic carbocycles. The van der Waals surface area contributed by atoms with Crippen molar-refractivity contribution in [2.24, 2.45) is 11.1 Å². The Morgan fingerprint density at radius 3 is 2.64 bits per heavy atom. The minimum absolute atomic E-state index is 0.0344. The Kier molecular flexibility index (Phi) is 4.50. The fourth-order valence-corrected chi connectivity index (χ4v) is 3.50. The maximum absolute atomic E-state index is 12.6. The first-order valence-corrected chi connectivity index (χ1v) is 8.76. The lowest BCUT2D eigenvalue weighted by Crippen LogP contribution is -2.45. The molecule has 132 valence electrons. The van der Waals surface area contributed by atoms with Crippen molar-refractivity contribution in [1.82, 2.24) is 9.88 Å². The van der Waals surface area contributed by atoms with E-state index in [0.29, 0.717) is 12.1 Å². The summed E-state index contributed by atoms with van der Waals surface area (Å²) in [5.74, 6) is -0.293. The topological polar surface area (TPSA) is 76.3 Å². The molecule has 5 heteroatoms. The van der Waals surface area contributed by atoms with Gasteiger partial charge in [-0.2, -0.15) is 0 Å². The average Bonchev–Trinajstić information content (AvgIpc) is 2.59. The summed E-state index contributed by atoms with van der Waals surface area (Å²) in [5, 5.41) is 0.901. The number of amides is 2. The van der Waals surface area contributed by atoms with E-state index in [9.17, 15) is 9.59 Å². The molecule has 1 aliphatic heterocycles. The molecule has 1 saturated heterocycles. The molecule has 1 aromatic heterocycles. The Labute approximate surface area is 148 Å². The summed E-state index contributed by atoms with van der Waals surface area (Å²) in [6.45, 7) is 7.14. The molecular formula is C20H25N3O2. The number of primary amides is 1. The molecular weight excluding hydrogens is 314 g/mol. The molecule has 2 aromatic rings. The number of aromatic nitrogens is 1. The molecule has 1 atom stereocenters. The van der Waals surface area contributed by atoms with Crippen molar-refractivity contribution < 1.29 is 9.59 Å². The highest BCUT2D eigenvalue weighted by Gasteiger charge is 2.33. The van der Waals surface area contributed by atoms with Crippen molar-refractivity contribution >= 4 is 22.7 Å². The summed E-state index contributed by atoms with van der Waals surface area (Å²) in [7, 11) is 0. The van der Waals surface area contributed by atoms with Gasteiger partial charge in [-0.1, -0.05) is 39.0 Å². The van der Waals surface area contributed by atoms with Gasteiger partial charge in [-0.15, -0.1) is 0 Å². The number of nitrogens with two attached hydrogens (primary N) is 1. The van der Waals surface area contributed by atoms with Gasteiger partial charge in [-0.25, -0.2) is 0 Å². The van der Waals surface area contributed by atoms with E-state index >= 15 is 0 Å². The Morgan fingerprint density at radius 2 is 1.96 bits per heavy atom. The van der Waals surface area contributed by atoms with Crippen molar-refractivity contribution in [3.8, 4) is 0 Å². The van der Waals surface area contributed by atoms with Gasteiger partial charge >= 0.3 is 0 Å². The van der Waals surface area contributed by atoms with Crippen LogP contribution in [0.25, 0.3) is 10.9 Å². The summed E-state index contributed by atoms with van der Waals surface area (Å²) in [4.78, 5) is 31.3. The van der Waals surface area contributed by atoms with Crippen molar-refractivity contribution in [2.75, 3.05) is 13.1 Å². The molecule has 1 fully saturated rings. The van der Waals surface area contributed by atoms with E-state index in [1.54, 1.807) is 0 Å². The summed E-state index contributed by atoms with van der Waals surface area (Å²) < 4.78 is 0. The van der Waals surface area contributed by atoms with Gasteiger partial charge in [0.05, 0.1) is 16.8 Å². The van der Waals surface area contributed by atoms with E-state index in [0.717, 1.165) is 36.0 Å². The first-order chi connectivity index (χ1) is 11.8. The molecule has 5 nitrogen and oxygen atoms in total. The third kappa shape index (κ3) is 3.50. The van der Waals surface area contributed by atoms with E-state index in [4.69, 9.17) is 10.7 Å². The number of rotatable bonds is 2. The van der Waals surface area contributed by atoms with Gasteiger partial charge in [-0.05, 0) is 25.0 Å². The lowest BCUT2D eigenvalue weighted by atomic mass is 9.88. The zero-order chi connectivity index (χ0) is 18.2. The molecule has 2 N–H and O–H groups in total. The normalized spacial score (nSPS) is 18.4. The van der Waals surface area contributed by atoms with Crippen LogP contribution in [-0.2, 0) is 4.79 Å². The van der Waals surface area contributed by atoms with Gasteiger partial charge < -0.3 is 10.6 Å². The molecule has 0 spiro atoms. The predicted octanol–water partition coefficient (Wildman–Crippen LogP) is 3.09. The Bertz CT molecular complexity index is 823. The zero-order valence-electron chi connectivity index (χ0n) is 15.1. The standard InChI is InChI=1S/C20H25N3O2/c1-20(2,3)19(25)23-10-6-8-14(12-23)17-15(18(21)24)11-13-7-4-5-9-16(13)22-17/h4-5,7,9,11,14H,6,8,10,12H2,1-3H3,(H2,21,24). The van der Waals surface area contributed by atoms with E-state index in [1.165, 1.54) is 0 Å². The molecule has 25 heavy (non-hydrogen) atoms. The first kappa shape index (κ1) is 17.4. The minimum atomic E-state index is -0.465. The lowest BCUT2D eigenvalue weighted by Gasteiger charge is -2.36. The van der Waals surface area contributed by atoms with Crippen LogP contribution in [0.4, 0.5) is 0 Å². The third-order valence-corrected chi connectivity index (χ3v) is 4.76. The number of para-hydroxylation sites is 1. The van der Waals surface area contributed by atoms with E-state index < -0.39 is 11.3 Å². The van der Waals surface area contributed by atoms with Crippen molar-refractivity contribution in [3.05, 3.63) is 41.6 Å². The zero-order valence-corrected chi connectivity index (χ0v) is 15.1. The van der Waals surface area contributed by atoms with E-state index in [1.807, 2.05) is 56.0 Å². The fraction of sp³-hybridized carbons (Fsp3) is 0.450. The molecule has 2 amide bonds. The van der Waals surface area contributed by atoms with Gasteiger partial charge in [-0.3, -0.25) is 14.6 Å². The molecule has 0 radical (unpaired) electrons. The van der Waals surface area contributed by atoms with Gasteiger partial charge in [0.15, 0.2) is 0 Å². The van der Waals surface area contributed by atoms with Crippen LogP contribution in [0.5, 0.6) is 0 Å². The van der Waals surface area contributed by atoms with Gasteiger partial charge in [0, 0.05) is 29.8 Å². The van der Waals surface area contributed by atoms with Crippen LogP contribution < -0.4 is 5.73 Å². The van der Waals surface area contributed by atoms with E-state index in [-0.39, 0.29) is 11.8 Å². The second-order valence-corrected chi connectivity index (χ2v) is 7.82. The highest BCUT2D eigenvalue weighted by atomic mass is 16.2. The average molecular weight is 339 g/mol. The van der Waals surface area contributed by atoms with Crippen LogP contribution in [0.2, 0.25) is 0 Å². The number of carbonyl (C=O) groups excluding carboxylic acids is 2. The molecule has 1 unspecified atom stereocenters. The van der Waals surface area contributed by atoms with Crippen LogP contribution in [0.3, 0.4) is 0 Å². The van der Waals surface area contributed by atoms with Gasteiger partial charge in [0.25, 0.3) is 5.91 Å². The van der Waals surface area contributed by atoms with E-state index in [2.05, 4.69) is 0 Å². The van der Waals surface area contributed by atoms with Crippen LogP contribution in [0, 0.1) is 5.41 Å². The molecule has 0 aliphatic carbocycles. The number of benzene rings is 1. The first-order valence-electron chi connectivity index (χ1n) is 8.76. The maximum atomic E-state index is 12.6. The molecule has 0 bridgehead atoms. The minimum Gasteiger partial charge on any atom is -0.366 e. The highest BCUT2D eigenvalue weighted by Crippen LogP contribution is 2.31. The number of hydrogen-bond donors (Lipinski definition) is 1. The summed E-state index contributed by atoms with van der Waals surface area (Å²) in [5.41, 5.74) is 7.24. The molecule has 3 rings (SSSR count). The Morgan fingerprint density at radius 1 is 1.24 bits per heavy atom. The fourth-order valence-electron chi connectivity index (χ4n) is 3.50. The number of likely N-dealkylation sites (tertiary alicyclic amines) is 1. The summed E-state index contributed by atoms with van der Waals surface area (Å²) in [6.07, 6.45) is 1.80.